The van der Waals surface area contributed by atoms with Crippen LogP contribution >= 0.6 is 15.9 Å². The number of fused-ring (bicyclic) bond motifs is 1. The average Bonchev–Trinajstić information content (AvgIpc) is 2.28. The number of halogens is 1. The molecule has 2 aromatic rings. The summed E-state index contributed by atoms with van der Waals surface area (Å²) in [5.41, 5.74) is 0.184. The van der Waals surface area contributed by atoms with E-state index in [-0.39, 0.29) is 17.3 Å². The summed E-state index contributed by atoms with van der Waals surface area (Å²) in [4.78, 5) is 31.5. The second-order valence-electron chi connectivity index (χ2n) is 3.78. The van der Waals surface area contributed by atoms with Crippen LogP contribution in [0.4, 0.5) is 0 Å². The van der Waals surface area contributed by atoms with E-state index in [2.05, 4.69) is 25.9 Å². The third-order valence-electron chi connectivity index (χ3n) is 2.28. The number of aromatic amines is 1. The van der Waals surface area contributed by atoms with Crippen LogP contribution in [0.5, 0.6) is 0 Å². The van der Waals surface area contributed by atoms with E-state index in [1.54, 1.807) is 32.3 Å². The van der Waals surface area contributed by atoms with Gasteiger partial charge in [0.15, 0.2) is 5.82 Å². The molecule has 17 heavy (non-hydrogen) atoms. The molecule has 0 atom stereocenters. The molecule has 0 radical (unpaired) electrons. The highest BCUT2D eigenvalue weighted by Gasteiger charge is 2.13. The number of aromatic nitrogens is 2. The monoisotopic (exact) mass is 295 g/mol. The maximum atomic E-state index is 11.8. The first-order valence-corrected chi connectivity index (χ1v) is 5.69. The van der Waals surface area contributed by atoms with Gasteiger partial charge in [-0.15, -0.1) is 0 Å². The van der Waals surface area contributed by atoms with Crippen molar-refractivity contribution in [3.63, 3.8) is 0 Å². The largest absolute Gasteiger partial charge is 0.342 e. The smallest absolute Gasteiger partial charge is 0.289 e. The van der Waals surface area contributed by atoms with Gasteiger partial charge in [-0.3, -0.25) is 9.59 Å². The standard InChI is InChI=1S/C11H10BrN3O2/c1-15(2)11(17)9-13-8-4-3-6(12)5-7(8)10(16)14-9/h3-5H,1-2H3,(H,13,14,16). The summed E-state index contributed by atoms with van der Waals surface area (Å²) >= 11 is 3.28. The number of hydrogen-bond acceptors (Lipinski definition) is 3. The SMILES string of the molecule is CN(C)C(=O)c1nc2ccc(Br)cc2c(=O)[nH]1. The summed E-state index contributed by atoms with van der Waals surface area (Å²) in [6, 6.07) is 5.14. The lowest BCUT2D eigenvalue weighted by Gasteiger charge is -2.09. The Labute approximate surface area is 106 Å². The van der Waals surface area contributed by atoms with Crippen molar-refractivity contribution < 1.29 is 4.79 Å². The Morgan fingerprint density at radius 1 is 1.41 bits per heavy atom. The van der Waals surface area contributed by atoms with Gasteiger partial charge in [0.2, 0.25) is 0 Å². The summed E-state index contributed by atoms with van der Waals surface area (Å²) in [5.74, 6) is -0.276. The fourth-order valence-corrected chi connectivity index (χ4v) is 1.79. The molecule has 88 valence electrons. The second-order valence-corrected chi connectivity index (χ2v) is 4.69. The minimum absolute atomic E-state index is 0.0508. The van der Waals surface area contributed by atoms with Gasteiger partial charge in [-0.2, -0.15) is 0 Å². The first kappa shape index (κ1) is 11.8. The van der Waals surface area contributed by atoms with Crippen LogP contribution in [0.1, 0.15) is 10.6 Å². The Kier molecular flexibility index (Phi) is 2.97. The molecule has 0 aliphatic heterocycles. The van der Waals surface area contributed by atoms with Gasteiger partial charge in [-0.25, -0.2) is 4.98 Å². The number of carbonyl (C=O) groups excluding carboxylic acids is 1. The van der Waals surface area contributed by atoms with Crippen LogP contribution in [0.25, 0.3) is 10.9 Å². The molecule has 5 nitrogen and oxygen atoms in total. The summed E-state index contributed by atoms with van der Waals surface area (Å²) < 4.78 is 0.795. The van der Waals surface area contributed by atoms with E-state index in [0.29, 0.717) is 10.9 Å². The Bertz CT molecular complexity index is 649. The van der Waals surface area contributed by atoms with Crippen LogP contribution in [-0.4, -0.2) is 34.9 Å². The van der Waals surface area contributed by atoms with Crippen LogP contribution in [-0.2, 0) is 0 Å². The van der Waals surface area contributed by atoms with Crippen LogP contribution < -0.4 is 5.56 Å². The zero-order valence-electron chi connectivity index (χ0n) is 9.32. The molecular formula is C11H10BrN3O2. The van der Waals surface area contributed by atoms with Crippen molar-refractivity contribution in [1.82, 2.24) is 14.9 Å². The summed E-state index contributed by atoms with van der Waals surface area (Å²) in [6.07, 6.45) is 0. The quantitative estimate of drug-likeness (QED) is 0.864. The summed E-state index contributed by atoms with van der Waals surface area (Å²) in [6.45, 7) is 0. The number of benzene rings is 1. The van der Waals surface area contributed by atoms with E-state index in [0.717, 1.165) is 4.47 Å². The van der Waals surface area contributed by atoms with Crippen LogP contribution in [0.2, 0.25) is 0 Å². The number of hydrogen-bond donors (Lipinski definition) is 1. The molecule has 0 spiro atoms. The fourth-order valence-electron chi connectivity index (χ4n) is 1.42. The van der Waals surface area contributed by atoms with Gasteiger partial charge >= 0.3 is 0 Å². The van der Waals surface area contributed by atoms with Gasteiger partial charge in [0.05, 0.1) is 10.9 Å². The van der Waals surface area contributed by atoms with E-state index in [1.807, 2.05) is 0 Å². The molecule has 1 aromatic carbocycles. The summed E-state index contributed by atoms with van der Waals surface area (Å²) in [5, 5.41) is 0.453. The molecule has 1 N–H and O–H groups in total. The number of amides is 1. The maximum absolute atomic E-state index is 11.8. The van der Waals surface area contributed by atoms with E-state index in [9.17, 15) is 9.59 Å². The zero-order chi connectivity index (χ0) is 12.6. The molecule has 1 heterocycles. The summed E-state index contributed by atoms with van der Waals surface area (Å²) in [7, 11) is 3.21. The number of nitrogens with one attached hydrogen (secondary N) is 1. The van der Waals surface area contributed by atoms with E-state index < -0.39 is 0 Å². The third kappa shape index (κ3) is 2.21. The van der Waals surface area contributed by atoms with Crippen molar-refractivity contribution in [2.75, 3.05) is 14.1 Å². The highest BCUT2D eigenvalue weighted by Crippen LogP contribution is 2.15. The minimum Gasteiger partial charge on any atom is -0.342 e. The second kappa shape index (κ2) is 4.29. The van der Waals surface area contributed by atoms with Gasteiger partial charge in [-0.1, -0.05) is 15.9 Å². The molecule has 0 unspecified atom stereocenters. The van der Waals surface area contributed by atoms with Crippen molar-refractivity contribution in [2.24, 2.45) is 0 Å². The van der Waals surface area contributed by atoms with Gasteiger partial charge in [0.25, 0.3) is 11.5 Å². The fraction of sp³-hybridized carbons (Fsp3) is 0.182. The molecule has 1 aromatic heterocycles. The van der Waals surface area contributed by atoms with Gasteiger partial charge in [-0.05, 0) is 18.2 Å². The predicted octanol–water partition coefficient (Wildman–Crippen LogP) is 1.39. The Hall–Kier alpha value is -1.69. The predicted molar refractivity (Wildman–Crippen MR) is 68.1 cm³/mol. The molecule has 0 bridgehead atoms. The molecular weight excluding hydrogens is 286 g/mol. The lowest BCUT2D eigenvalue weighted by Crippen LogP contribution is -2.26. The molecule has 2 rings (SSSR count). The number of nitrogens with zero attached hydrogens (tertiary/aromatic N) is 2. The van der Waals surface area contributed by atoms with Crippen molar-refractivity contribution in [2.45, 2.75) is 0 Å². The Balaban J connectivity index is 2.68. The van der Waals surface area contributed by atoms with Gasteiger partial charge < -0.3 is 9.88 Å². The van der Waals surface area contributed by atoms with Crippen LogP contribution in [0.3, 0.4) is 0 Å². The molecule has 6 heteroatoms. The molecule has 0 saturated carbocycles. The Morgan fingerprint density at radius 2 is 2.12 bits per heavy atom. The normalized spacial score (nSPS) is 10.5. The zero-order valence-corrected chi connectivity index (χ0v) is 10.9. The van der Waals surface area contributed by atoms with Gasteiger partial charge in [0.1, 0.15) is 0 Å². The van der Waals surface area contributed by atoms with E-state index >= 15 is 0 Å². The van der Waals surface area contributed by atoms with Gasteiger partial charge in [0, 0.05) is 18.6 Å². The highest BCUT2D eigenvalue weighted by molar-refractivity contribution is 9.10. The van der Waals surface area contributed by atoms with Crippen molar-refractivity contribution >= 4 is 32.7 Å². The molecule has 0 aliphatic rings. The number of H-pyrrole nitrogens is 1. The van der Waals surface area contributed by atoms with E-state index in [4.69, 9.17) is 0 Å². The lowest BCUT2D eigenvalue weighted by molar-refractivity contribution is 0.0816. The highest BCUT2D eigenvalue weighted by atomic mass is 79.9. The van der Waals surface area contributed by atoms with Crippen molar-refractivity contribution in [3.05, 3.63) is 38.9 Å². The lowest BCUT2D eigenvalue weighted by atomic mass is 10.2. The molecule has 1 amide bonds. The number of carbonyl (C=O) groups is 1. The van der Waals surface area contributed by atoms with Crippen molar-refractivity contribution in [1.29, 1.82) is 0 Å². The average molecular weight is 296 g/mol. The molecule has 0 fully saturated rings. The topological polar surface area (TPSA) is 66.1 Å². The third-order valence-corrected chi connectivity index (χ3v) is 2.77. The number of rotatable bonds is 1. The first-order valence-electron chi connectivity index (χ1n) is 4.90. The van der Waals surface area contributed by atoms with Crippen molar-refractivity contribution in [3.8, 4) is 0 Å². The first-order chi connectivity index (χ1) is 7.99. The van der Waals surface area contributed by atoms with E-state index in [1.165, 1.54) is 4.90 Å². The molecule has 0 aliphatic carbocycles. The molecule has 0 saturated heterocycles. The van der Waals surface area contributed by atoms with Crippen LogP contribution in [0, 0.1) is 0 Å². The maximum Gasteiger partial charge on any atom is 0.289 e. The minimum atomic E-state index is -0.327. The van der Waals surface area contributed by atoms with Crippen LogP contribution in [0.15, 0.2) is 27.5 Å². The Morgan fingerprint density at radius 3 is 2.76 bits per heavy atom.